The van der Waals surface area contributed by atoms with Gasteiger partial charge in [-0.05, 0) is 25.3 Å². The average Bonchev–Trinajstić information content (AvgIpc) is 2.85. The highest BCUT2D eigenvalue weighted by Gasteiger charge is 2.29. The Labute approximate surface area is 120 Å². The first-order chi connectivity index (χ1) is 9.77. The second-order valence-corrected chi connectivity index (χ2v) is 4.65. The molecule has 0 saturated carbocycles. The number of aliphatic carboxylic acids is 3. The van der Waals surface area contributed by atoms with Crippen molar-refractivity contribution in [1.82, 2.24) is 5.32 Å². The molecular formula is C13H17NO7. The van der Waals surface area contributed by atoms with E-state index in [0.717, 1.165) is 0 Å². The van der Waals surface area contributed by atoms with Crippen LogP contribution in [0.2, 0.25) is 0 Å². The number of carboxylic acid groups (broad SMARTS) is 3. The Hall–Kier alpha value is -2.51. The van der Waals surface area contributed by atoms with Crippen LogP contribution < -0.4 is 5.32 Å². The molecule has 0 radical (unpaired) electrons. The predicted octanol–water partition coefficient (Wildman–Crippen LogP) is 0.714. The molecule has 0 aliphatic carbocycles. The molecule has 2 unspecified atom stereocenters. The monoisotopic (exact) mass is 299 g/mol. The summed E-state index contributed by atoms with van der Waals surface area (Å²) >= 11 is 0. The maximum Gasteiger partial charge on any atom is 0.371 e. The normalized spacial score (nSPS) is 22.3. The van der Waals surface area contributed by atoms with E-state index in [4.69, 9.17) is 15.3 Å². The molecule has 0 aromatic carbocycles. The quantitative estimate of drug-likeness (QED) is 0.356. The molecule has 5 N–H and O–H groups in total. The van der Waals surface area contributed by atoms with Gasteiger partial charge in [0, 0.05) is 11.3 Å². The van der Waals surface area contributed by atoms with Crippen molar-refractivity contribution in [2.75, 3.05) is 0 Å². The molecular weight excluding hydrogens is 282 g/mol. The van der Waals surface area contributed by atoms with Crippen molar-refractivity contribution < 1.29 is 34.8 Å². The van der Waals surface area contributed by atoms with Crippen LogP contribution in [0.15, 0.2) is 23.1 Å². The number of aliphatic hydroxyl groups is 1. The van der Waals surface area contributed by atoms with Crippen LogP contribution in [0, 0.1) is 5.92 Å². The highest BCUT2D eigenvalue weighted by atomic mass is 16.4. The van der Waals surface area contributed by atoms with Crippen molar-refractivity contribution >= 4 is 17.9 Å². The highest BCUT2D eigenvalue weighted by molar-refractivity contribution is 5.88. The molecule has 8 heteroatoms. The number of nitrogens with one attached hydrogen (secondary N) is 1. The van der Waals surface area contributed by atoms with Gasteiger partial charge in [-0.3, -0.25) is 4.79 Å². The van der Waals surface area contributed by atoms with E-state index in [9.17, 15) is 19.5 Å². The minimum atomic E-state index is -1.63. The van der Waals surface area contributed by atoms with E-state index in [1.165, 1.54) is 6.08 Å². The lowest BCUT2D eigenvalue weighted by molar-refractivity contribution is -0.141. The van der Waals surface area contributed by atoms with Gasteiger partial charge in [0.2, 0.25) is 5.76 Å². The van der Waals surface area contributed by atoms with E-state index >= 15 is 0 Å². The zero-order valence-corrected chi connectivity index (χ0v) is 11.4. The van der Waals surface area contributed by atoms with Crippen LogP contribution in [-0.4, -0.2) is 44.4 Å². The minimum Gasteiger partial charge on any atom is -0.502 e. The van der Waals surface area contributed by atoms with Gasteiger partial charge < -0.3 is 25.7 Å². The molecule has 2 atom stereocenters. The summed E-state index contributed by atoms with van der Waals surface area (Å²) in [6.45, 7) is 1.55. The van der Waals surface area contributed by atoms with Crippen molar-refractivity contribution in [2.24, 2.45) is 5.92 Å². The van der Waals surface area contributed by atoms with E-state index < -0.39 is 35.6 Å². The molecule has 0 spiro atoms. The van der Waals surface area contributed by atoms with E-state index in [0.29, 0.717) is 18.5 Å². The highest BCUT2D eigenvalue weighted by Crippen LogP contribution is 2.25. The third kappa shape index (κ3) is 3.98. The number of hydrogen-bond acceptors (Lipinski definition) is 5. The van der Waals surface area contributed by atoms with Crippen LogP contribution in [-0.2, 0) is 14.4 Å². The fourth-order valence-corrected chi connectivity index (χ4v) is 2.14. The van der Waals surface area contributed by atoms with Gasteiger partial charge >= 0.3 is 17.9 Å². The molecule has 1 rings (SSSR count). The number of hydrogen-bond donors (Lipinski definition) is 5. The van der Waals surface area contributed by atoms with Gasteiger partial charge in [-0.25, -0.2) is 9.59 Å². The Morgan fingerprint density at radius 2 is 1.90 bits per heavy atom. The molecule has 1 fully saturated rings. The Bertz CT molecular complexity index is 521. The van der Waals surface area contributed by atoms with Crippen molar-refractivity contribution in [3.05, 3.63) is 23.1 Å². The van der Waals surface area contributed by atoms with Crippen LogP contribution in [0.25, 0.3) is 0 Å². The van der Waals surface area contributed by atoms with Gasteiger partial charge in [-0.1, -0.05) is 6.92 Å². The van der Waals surface area contributed by atoms with Gasteiger partial charge in [0.1, 0.15) is 6.04 Å². The van der Waals surface area contributed by atoms with Gasteiger partial charge in [0.15, 0.2) is 0 Å². The maximum atomic E-state index is 11.2. The molecule has 0 aromatic heterocycles. The summed E-state index contributed by atoms with van der Waals surface area (Å²) in [4.78, 5) is 32.9. The Kier molecular flexibility index (Phi) is 5.34. The third-order valence-corrected chi connectivity index (χ3v) is 3.25. The molecule has 21 heavy (non-hydrogen) atoms. The summed E-state index contributed by atoms with van der Waals surface area (Å²) in [6.07, 6.45) is 1.96. The molecule has 0 aromatic rings. The zero-order chi connectivity index (χ0) is 16.2. The summed E-state index contributed by atoms with van der Waals surface area (Å²) < 4.78 is 0. The van der Waals surface area contributed by atoms with Crippen LogP contribution in [0.5, 0.6) is 0 Å². The SMILES string of the molecule is CCC(C(=O)O)C(/C=C1/CCC(C(=O)O)N1)=C(/O)C(=O)O. The first-order valence-electron chi connectivity index (χ1n) is 6.37. The lowest BCUT2D eigenvalue weighted by atomic mass is 9.94. The maximum absolute atomic E-state index is 11.2. The Morgan fingerprint density at radius 3 is 2.29 bits per heavy atom. The lowest BCUT2D eigenvalue weighted by Crippen LogP contribution is -2.29. The third-order valence-electron chi connectivity index (χ3n) is 3.25. The first-order valence-corrected chi connectivity index (χ1v) is 6.37. The molecule has 116 valence electrons. The molecule has 1 heterocycles. The van der Waals surface area contributed by atoms with Crippen molar-refractivity contribution in [3.8, 4) is 0 Å². The molecule has 8 nitrogen and oxygen atoms in total. The molecule has 0 amide bonds. The summed E-state index contributed by atoms with van der Waals surface area (Å²) in [7, 11) is 0. The smallest absolute Gasteiger partial charge is 0.371 e. The number of carboxylic acids is 3. The summed E-state index contributed by atoms with van der Waals surface area (Å²) in [5.41, 5.74) is 0.149. The molecule has 1 aliphatic rings. The number of allylic oxidation sites excluding steroid dienone is 2. The van der Waals surface area contributed by atoms with Crippen LogP contribution in [0.3, 0.4) is 0 Å². The van der Waals surface area contributed by atoms with Crippen LogP contribution in [0.1, 0.15) is 26.2 Å². The van der Waals surface area contributed by atoms with E-state index in [-0.39, 0.29) is 12.0 Å². The van der Waals surface area contributed by atoms with E-state index in [2.05, 4.69) is 5.32 Å². The van der Waals surface area contributed by atoms with Crippen molar-refractivity contribution in [1.29, 1.82) is 0 Å². The minimum absolute atomic E-state index is 0.0914. The lowest BCUT2D eigenvalue weighted by Gasteiger charge is -2.14. The second kappa shape index (κ2) is 6.78. The number of aliphatic hydroxyl groups excluding tert-OH is 1. The van der Waals surface area contributed by atoms with E-state index in [1.807, 2.05) is 0 Å². The average molecular weight is 299 g/mol. The van der Waals surface area contributed by atoms with Crippen molar-refractivity contribution in [2.45, 2.75) is 32.2 Å². The first kappa shape index (κ1) is 16.5. The predicted molar refractivity (Wildman–Crippen MR) is 70.6 cm³/mol. The zero-order valence-electron chi connectivity index (χ0n) is 11.4. The van der Waals surface area contributed by atoms with Crippen LogP contribution >= 0.6 is 0 Å². The molecule has 1 aliphatic heterocycles. The van der Waals surface area contributed by atoms with Gasteiger partial charge in [-0.2, -0.15) is 0 Å². The molecule has 0 bridgehead atoms. The second-order valence-electron chi connectivity index (χ2n) is 4.65. The van der Waals surface area contributed by atoms with E-state index in [1.54, 1.807) is 6.92 Å². The summed E-state index contributed by atoms with van der Waals surface area (Å²) in [5.74, 6) is -6.16. The topological polar surface area (TPSA) is 144 Å². The van der Waals surface area contributed by atoms with Gasteiger partial charge in [0.25, 0.3) is 0 Å². The fourth-order valence-electron chi connectivity index (χ4n) is 2.14. The summed E-state index contributed by atoms with van der Waals surface area (Å²) in [5, 5.41) is 39.1. The van der Waals surface area contributed by atoms with Crippen molar-refractivity contribution in [3.63, 3.8) is 0 Å². The van der Waals surface area contributed by atoms with Crippen LogP contribution in [0.4, 0.5) is 0 Å². The number of carbonyl (C=O) groups is 3. The fraction of sp³-hybridized carbons (Fsp3) is 0.462. The van der Waals surface area contributed by atoms with Gasteiger partial charge in [-0.15, -0.1) is 0 Å². The Balaban J connectivity index is 3.16. The largest absolute Gasteiger partial charge is 0.502 e. The molecule has 1 saturated heterocycles. The standard InChI is InChI=1S/C13H17NO7/c1-2-7(11(16)17)8(10(15)13(20)21)5-6-3-4-9(14-6)12(18)19/h5,7,9,14-15H,2-4H2,1H3,(H,16,17)(H,18,19)(H,20,21)/b6-5-,10-8+. The van der Waals surface area contributed by atoms with Gasteiger partial charge in [0.05, 0.1) is 5.92 Å². The Morgan fingerprint density at radius 1 is 1.29 bits per heavy atom. The summed E-state index contributed by atoms with van der Waals surface area (Å²) in [6, 6.07) is -0.797. The number of rotatable bonds is 6.